The quantitative estimate of drug-likeness (QED) is 0.0771. The number of hydrogen-bond donors (Lipinski definition) is 8. The third kappa shape index (κ3) is 6.48. The van der Waals surface area contributed by atoms with Crippen molar-refractivity contribution in [1.29, 1.82) is 0 Å². The van der Waals surface area contributed by atoms with Crippen LogP contribution in [0, 0.1) is 0 Å². The Morgan fingerprint density at radius 1 is 0.786 bits per heavy atom. The molecule has 0 radical (unpaired) electrons. The minimum absolute atomic E-state index is 0.0862. The van der Waals surface area contributed by atoms with Gasteiger partial charge in [-0.1, -0.05) is 12.1 Å². The molecule has 4 rings (SSSR count). The number of aryl methyl sites for hydroxylation is 1. The summed E-state index contributed by atoms with van der Waals surface area (Å²) in [4.78, 5) is 24.3. The first-order chi connectivity index (χ1) is 20.0. The first kappa shape index (κ1) is 29.6. The van der Waals surface area contributed by atoms with Crippen LogP contribution >= 0.6 is 0 Å². The van der Waals surface area contributed by atoms with Crippen LogP contribution in [0.15, 0.2) is 60.7 Å². The van der Waals surface area contributed by atoms with E-state index in [-0.39, 0.29) is 41.2 Å². The van der Waals surface area contributed by atoms with Crippen LogP contribution in [0.4, 0.5) is 0 Å². The van der Waals surface area contributed by atoms with Gasteiger partial charge < -0.3 is 45.6 Å². The molecule has 0 aromatic heterocycles. The van der Waals surface area contributed by atoms with Crippen LogP contribution < -0.4 is 0 Å². The van der Waals surface area contributed by atoms with E-state index in [1.54, 1.807) is 12.1 Å². The number of aliphatic hydroxyl groups excluding tert-OH is 1. The topological polar surface area (TPSA) is 205 Å². The second-order valence-electron chi connectivity index (χ2n) is 9.54. The molecule has 0 aliphatic carbocycles. The molecule has 0 amide bonds. The number of benzene rings is 4. The molecule has 0 aliphatic rings. The number of esters is 1. The van der Waals surface area contributed by atoms with E-state index in [9.17, 15) is 50.4 Å². The number of phenolic OH excluding ortho intramolecular Hbond substituents is 6. The predicted octanol–water partition coefficient (Wildman–Crippen LogP) is 3.92. The minimum Gasteiger partial charge on any atom is -0.504 e. The van der Waals surface area contributed by atoms with Gasteiger partial charge in [-0.25, -0.2) is 9.59 Å². The largest absolute Gasteiger partial charge is 0.504 e. The highest BCUT2D eigenvalue weighted by Gasteiger charge is 2.23. The number of aliphatic hydroxyl groups is 1. The molecule has 42 heavy (non-hydrogen) atoms. The van der Waals surface area contributed by atoms with Crippen molar-refractivity contribution < 1.29 is 55.2 Å². The zero-order valence-electron chi connectivity index (χ0n) is 22.1. The summed E-state index contributed by atoms with van der Waals surface area (Å²) in [6, 6.07) is 12.5. The van der Waals surface area contributed by atoms with Crippen LogP contribution in [0.25, 0.3) is 28.0 Å². The highest BCUT2D eigenvalue weighted by Crippen LogP contribution is 2.41. The Balaban J connectivity index is 1.67. The van der Waals surface area contributed by atoms with E-state index >= 15 is 0 Å². The molecule has 0 saturated carbocycles. The third-order valence-corrected chi connectivity index (χ3v) is 6.63. The lowest BCUT2D eigenvalue weighted by atomic mass is 9.92. The SMILES string of the molecule is O=C(/C=C/c1cc(O)c(O)c2ccc(-c3cc(O)c(O)cc3CCCO)cc12)O[C@H](Cc1ccc(O)c(O)c1)C(=O)O. The molecular formula is C31H28O11. The first-order valence-corrected chi connectivity index (χ1v) is 12.8. The van der Waals surface area contributed by atoms with E-state index < -0.39 is 35.3 Å². The number of hydrogen-bond acceptors (Lipinski definition) is 10. The summed E-state index contributed by atoms with van der Waals surface area (Å²) in [5.41, 5.74) is 2.33. The van der Waals surface area contributed by atoms with Gasteiger partial charge in [0.1, 0.15) is 0 Å². The lowest BCUT2D eigenvalue weighted by Crippen LogP contribution is -2.28. The fraction of sp³-hybridized carbons (Fsp3) is 0.161. The van der Waals surface area contributed by atoms with Crippen molar-refractivity contribution in [1.82, 2.24) is 0 Å². The van der Waals surface area contributed by atoms with E-state index in [2.05, 4.69) is 0 Å². The second-order valence-corrected chi connectivity index (χ2v) is 9.54. The highest BCUT2D eigenvalue weighted by atomic mass is 16.6. The number of aliphatic carboxylic acids is 1. The number of carboxylic acids is 1. The van der Waals surface area contributed by atoms with Gasteiger partial charge >= 0.3 is 11.9 Å². The molecule has 0 saturated heterocycles. The average molecular weight is 577 g/mol. The summed E-state index contributed by atoms with van der Waals surface area (Å²) in [6.45, 7) is -0.0862. The van der Waals surface area contributed by atoms with E-state index in [0.29, 0.717) is 40.5 Å². The van der Waals surface area contributed by atoms with Crippen molar-refractivity contribution in [2.24, 2.45) is 0 Å². The number of carboxylic acid groups (broad SMARTS) is 1. The lowest BCUT2D eigenvalue weighted by molar-refractivity contribution is -0.160. The number of carbonyl (C=O) groups is 2. The van der Waals surface area contributed by atoms with Crippen molar-refractivity contribution in [3.63, 3.8) is 0 Å². The summed E-state index contributed by atoms with van der Waals surface area (Å²) in [6.07, 6.45) is 1.14. The molecule has 218 valence electrons. The molecule has 0 aliphatic heterocycles. The molecule has 0 bridgehead atoms. The number of ether oxygens (including phenoxy) is 1. The Morgan fingerprint density at radius 3 is 2.19 bits per heavy atom. The fourth-order valence-electron chi connectivity index (χ4n) is 4.52. The van der Waals surface area contributed by atoms with Gasteiger partial charge in [0.2, 0.25) is 6.10 Å². The summed E-state index contributed by atoms with van der Waals surface area (Å²) >= 11 is 0. The van der Waals surface area contributed by atoms with Gasteiger partial charge in [0.25, 0.3) is 0 Å². The number of fused-ring (bicyclic) bond motifs is 1. The van der Waals surface area contributed by atoms with Crippen LogP contribution in [0.5, 0.6) is 34.5 Å². The van der Waals surface area contributed by atoms with E-state index in [4.69, 9.17) is 4.74 Å². The van der Waals surface area contributed by atoms with Gasteiger partial charge in [-0.15, -0.1) is 0 Å². The number of carbonyl (C=O) groups excluding carboxylic acids is 1. The van der Waals surface area contributed by atoms with Gasteiger partial charge in [0.05, 0.1) is 0 Å². The predicted molar refractivity (Wildman–Crippen MR) is 151 cm³/mol. The molecule has 4 aromatic carbocycles. The number of rotatable bonds is 10. The van der Waals surface area contributed by atoms with Crippen molar-refractivity contribution in [3.05, 3.63) is 77.4 Å². The first-order valence-electron chi connectivity index (χ1n) is 12.8. The number of phenols is 6. The molecule has 0 unspecified atom stereocenters. The minimum atomic E-state index is -1.61. The third-order valence-electron chi connectivity index (χ3n) is 6.63. The molecule has 4 aromatic rings. The van der Waals surface area contributed by atoms with E-state index in [1.807, 2.05) is 0 Å². The molecular weight excluding hydrogens is 548 g/mol. The summed E-state index contributed by atoms with van der Waals surface area (Å²) in [5.74, 6) is -4.85. The molecule has 11 nitrogen and oxygen atoms in total. The smallest absolute Gasteiger partial charge is 0.345 e. The Kier molecular flexibility index (Phi) is 8.73. The van der Waals surface area contributed by atoms with Crippen LogP contribution in [-0.2, 0) is 27.2 Å². The zero-order chi connectivity index (χ0) is 30.6. The Bertz CT molecular complexity index is 1690. The maximum atomic E-state index is 12.6. The monoisotopic (exact) mass is 576 g/mol. The van der Waals surface area contributed by atoms with Crippen LogP contribution in [0.2, 0.25) is 0 Å². The zero-order valence-corrected chi connectivity index (χ0v) is 22.1. The molecule has 0 heterocycles. The molecule has 0 fully saturated rings. The van der Waals surface area contributed by atoms with Gasteiger partial charge in [0, 0.05) is 24.5 Å². The molecule has 8 N–H and O–H groups in total. The molecule has 0 spiro atoms. The average Bonchev–Trinajstić information content (AvgIpc) is 2.95. The van der Waals surface area contributed by atoms with Crippen molar-refractivity contribution in [2.75, 3.05) is 6.61 Å². The van der Waals surface area contributed by atoms with Crippen LogP contribution in [-0.4, -0.2) is 65.5 Å². The van der Waals surface area contributed by atoms with Crippen LogP contribution in [0.1, 0.15) is 23.1 Å². The summed E-state index contributed by atoms with van der Waals surface area (Å²) in [5, 5.41) is 79.4. The summed E-state index contributed by atoms with van der Waals surface area (Å²) in [7, 11) is 0. The lowest BCUT2D eigenvalue weighted by Gasteiger charge is -2.14. The van der Waals surface area contributed by atoms with Gasteiger partial charge in [-0.05, 0) is 94.6 Å². The Hall–Kier alpha value is -5.42. The van der Waals surface area contributed by atoms with Gasteiger partial charge in [-0.2, -0.15) is 0 Å². The fourth-order valence-corrected chi connectivity index (χ4v) is 4.52. The number of aromatic hydroxyl groups is 6. The van der Waals surface area contributed by atoms with E-state index in [1.165, 1.54) is 42.5 Å². The standard InChI is InChI=1S/C31H28O11/c32-9-1-2-17-13-25(35)26(36)15-21(17)18-4-6-20-22(12-18)19(14-27(37)30(20)39)5-8-29(38)42-28(31(40)41)11-16-3-7-23(33)24(34)10-16/h3-8,10,12-15,28,32-37,39H,1-2,9,11H2,(H,40,41)/b8-5+/t28-/m1/s1. The Labute approximate surface area is 239 Å². The van der Waals surface area contributed by atoms with Gasteiger partial charge in [-0.3, -0.25) is 0 Å². The molecule has 1 atom stereocenters. The highest BCUT2D eigenvalue weighted by molar-refractivity contribution is 6.01. The van der Waals surface area contributed by atoms with Crippen molar-refractivity contribution in [3.8, 4) is 45.6 Å². The molecule has 11 heteroatoms. The van der Waals surface area contributed by atoms with Crippen LogP contribution in [0.3, 0.4) is 0 Å². The normalized spacial score (nSPS) is 12.0. The Morgan fingerprint density at radius 2 is 1.50 bits per heavy atom. The maximum absolute atomic E-state index is 12.6. The van der Waals surface area contributed by atoms with Crippen molar-refractivity contribution in [2.45, 2.75) is 25.4 Å². The van der Waals surface area contributed by atoms with Gasteiger partial charge in [0.15, 0.2) is 34.5 Å². The second kappa shape index (κ2) is 12.4. The summed E-state index contributed by atoms with van der Waals surface area (Å²) < 4.78 is 5.09. The van der Waals surface area contributed by atoms with Crippen molar-refractivity contribution >= 4 is 28.8 Å². The van der Waals surface area contributed by atoms with E-state index in [0.717, 1.165) is 12.1 Å². The maximum Gasteiger partial charge on any atom is 0.345 e.